The van der Waals surface area contributed by atoms with Gasteiger partial charge in [0.1, 0.15) is 23.4 Å². The number of benzene rings is 3. The number of para-hydroxylation sites is 1. The summed E-state index contributed by atoms with van der Waals surface area (Å²) in [6.07, 6.45) is 3.48. The van der Waals surface area contributed by atoms with E-state index in [4.69, 9.17) is 14.2 Å². The Morgan fingerprint density at radius 2 is 1.28 bits per heavy atom. The smallest absolute Gasteiger partial charge is 0.415 e. The second-order valence-corrected chi connectivity index (χ2v) is 11.9. The molecule has 2 fully saturated rings. The average molecular weight is 551 g/mol. The largest absolute Gasteiger partial charge is 0.497 e. The SMILES string of the molecule is COc1ccc(S(=O)(=O)c2ccc(OC3CCN(C4CCN(C(=O)Oc5ccccc5)CC4)CC3)cc2)cc1. The van der Waals surface area contributed by atoms with Crippen molar-refractivity contribution in [3.8, 4) is 17.2 Å². The standard InChI is InChI=1S/C30H34N2O6S/c1-36-24-7-11-28(12-8-24)39(34,35)29-13-9-26(10-14-29)37-27-17-21-31(22-18-27)23-15-19-32(20-16-23)30(33)38-25-5-3-2-4-6-25/h2-14,23,27H,15-22H2,1H3. The molecule has 0 N–H and O–H groups in total. The quantitative estimate of drug-likeness (QED) is 0.408. The molecular formula is C30H34N2O6S. The summed E-state index contributed by atoms with van der Waals surface area (Å²) in [5.74, 6) is 1.85. The molecule has 2 heterocycles. The van der Waals surface area contributed by atoms with Crippen molar-refractivity contribution < 1.29 is 27.4 Å². The van der Waals surface area contributed by atoms with Crippen LogP contribution in [0.5, 0.6) is 17.2 Å². The number of sulfone groups is 1. The third-order valence-corrected chi connectivity index (χ3v) is 9.26. The number of hydrogen-bond acceptors (Lipinski definition) is 7. The number of amides is 1. The van der Waals surface area contributed by atoms with Crippen LogP contribution in [0, 0.1) is 0 Å². The van der Waals surface area contributed by atoms with Crippen LogP contribution in [0.2, 0.25) is 0 Å². The normalized spacial score (nSPS) is 17.5. The van der Waals surface area contributed by atoms with Gasteiger partial charge in [0.15, 0.2) is 0 Å². The number of hydrogen-bond donors (Lipinski definition) is 0. The van der Waals surface area contributed by atoms with E-state index in [1.165, 1.54) is 0 Å². The number of carbonyl (C=O) groups is 1. The molecule has 2 aliphatic heterocycles. The highest BCUT2D eigenvalue weighted by atomic mass is 32.2. The van der Waals surface area contributed by atoms with Crippen molar-refractivity contribution in [1.29, 1.82) is 0 Å². The molecule has 0 bridgehead atoms. The molecular weight excluding hydrogens is 516 g/mol. The van der Waals surface area contributed by atoms with Gasteiger partial charge < -0.3 is 19.1 Å². The van der Waals surface area contributed by atoms with Crippen LogP contribution in [-0.4, -0.2) is 69.7 Å². The van der Waals surface area contributed by atoms with Crippen molar-refractivity contribution in [2.24, 2.45) is 0 Å². The van der Waals surface area contributed by atoms with Gasteiger partial charge in [-0.2, -0.15) is 0 Å². The van der Waals surface area contributed by atoms with Crippen LogP contribution in [0.1, 0.15) is 25.7 Å². The fraction of sp³-hybridized carbons (Fsp3) is 0.367. The van der Waals surface area contributed by atoms with Crippen LogP contribution >= 0.6 is 0 Å². The average Bonchev–Trinajstić information content (AvgIpc) is 2.98. The highest BCUT2D eigenvalue weighted by molar-refractivity contribution is 7.91. The predicted molar refractivity (Wildman–Crippen MR) is 147 cm³/mol. The van der Waals surface area contributed by atoms with E-state index in [-0.39, 0.29) is 22.0 Å². The van der Waals surface area contributed by atoms with Crippen molar-refractivity contribution in [3.05, 3.63) is 78.9 Å². The fourth-order valence-electron chi connectivity index (χ4n) is 5.21. The molecule has 2 aliphatic rings. The lowest BCUT2D eigenvalue weighted by Gasteiger charge is -2.41. The highest BCUT2D eigenvalue weighted by Crippen LogP contribution is 2.27. The molecule has 5 rings (SSSR count). The molecule has 39 heavy (non-hydrogen) atoms. The zero-order valence-corrected chi connectivity index (χ0v) is 22.9. The van der Waals surface area contributed by atoms with Crippen LogP contribution in [0.3, 0.4) is 0 Å². The maximum atomic E-state index is 12.9. The van der Waals surface area contributed by atoms with Crippen molar-refractivity contribution >= 4 is 15.9 Å². The van der Waals surface area contributed by atoms with Gasteiger partial charge in [-0.25, -0.2) is 13.2 Å². The number of ether oxygens (including phenoxy) is 3. The fourth-order valence-corrected chi connectivity index (χ4v) is 6.47. The van der Waals surface area contributed by atoms with Gasteiger partial charge in [0.05, 0.1) is 16.9 Å². The summed E-state index contributed by atoms with van der Waals surface area (Å²) in [4.78, 5) is 17.2. The van der Waals surface area contributed by atoms with E-state index in [0.717, 1.165) is 38.8 Å². The molecule has 2 saturated heterocycles. The predicted octanol–water partition coefficient (Wildman–Crippen LogP) is 5.03. The molecule has 0 saturated carbocycles. The second kappa shape index (κ2) is 12.1. The zero-order valence-electron chi connectivity index (χ0n) is 22.1. The first-order chi connectivity index (χ1) is 18.9. The summed E-state index contributed by atoms with van der Waals surface area (Å²) < 4.78 is 42.7. The summed E-state index contributed by atoms with van der Waals surface area (Å²) in [7, 11) is -2.06. The summed E-state index contributed by atoms with van der Waals surface area (Å²) in [5, 5.41) is 0. The molecule has 0 aliphatic carbocycles. The number of rotatable bonds is 7. The summed E-state index contributed by atoms with van der Waals surface area (Å²) >= 11 is 0. The van der Waals surface area contributed by atoms with Gasteiger partial charge in [0.25, 0.3) is 0 Å². The van der Waals surface area contributed by atoms with E-state index in [0.29, 0.717) is 36.4 Å². The van der Waals surface area contributed by atoms with Gasteiger partial charge >= 0.3 is 6.09 Å². The lowest BCUT2D eigenvalue weighted by atomic mass is 9.99. The molecule has 1 amide bonds. The van der Waals surface area contributed by atoms with E-state index in [1.807, 2.05) is 18.2 Å². The molecule has 0 atom stereocenters. The zero-order chi connectivity index (χ0) is 27.2. The Labute approximate surface area is 230 Å². The van der Waals surface area contributed by atoms with Crippen LogP contribution in [0.25, 0.3) is 0 Å². The molecule has 0 spiro atoms. The molecule has 8 nitrogen and oxygen atoms in total. The van der Waals surface area contributed by atoms with Crippen LogP contribution in [0.15, 0.2) is 88.7 Å². The van der Waals surface area contributed by atoms with Gasteiger partial charge in [-0.1, -0.05) is 18.2 Å². The van der Waals surface area contributed by atoms with E-state index in [1.54, 1.807) is 72.7 Å². The Bertz CT molecular complexity index is 1330. The van der Waals surface area contributed by atoms with Crippen molar-refractivity contribution in [2.75, 3.05) is 33.3 Å². The summed E-state index contributed by atoms with van der Waals surface area (Å²) in [5.41, 5.74) is 0. The monoisotopic (exact) mass is 550 g/mol. The van der Waals surface area contributed by atoms with Crippen LogP contribution < -0.4 is 14.2 Å². The topological polar surface area (TPSA) is 85.4 Å². The second-order valence-electron chi connectivity index (χ2n) is 9.90. The molecule has 0 unspecified atom stereocenters. The minimum atomic E-state index is -3.61. The van der Waals surface area contributed by atoms with Crippen LogP contribution in [0.4, 0.5) is 4.79 Å². The molecule has 9 heteroatoms. The van der Waals surface area contributed by atoms with E-state index in [9.17, 15) is 13.2 Å². The third-order valence-electron chi connectivity index (χ3n) is 7.47. The lowest BCUT2D eigenvalue weighted by Crippen LogP contribution is -2.50. The minimum absolute atomic E-state index is 0.0891. The number of likely N-dealkylation sites (tertiary alicyclic amines) is 2. The summed E-state index contributed by atoms with van der Waals surface area (Å²) in [6, 6.07) is 22.7. The van der Waals surface area contributed by atoms with Gasteiger partial charge in [0.2, 0.25) is 9.84 Å². The molecule has 3 aromatic carbocycles. The number of piperidine rings is 2. The van der Waals surface area contributed by atoms with Crippen molar-refractivity contribution in [2.45, 2.75) is 47.6 Å². The maximum Gasteiger partial charge on any atom is 0.415 e. The first-order valence-corrected chi connectivity index (χ1v) is 14.8. The minimum Gasteiger partial charge on any atom is -0.497 e. The molecule has 3 aromatic rings. The Morgan fingerprint density at radius 3 is 1.85 bits per heavy atom. The van der Waals surface area contributed by atoms with Crippen molar-refractivity contribution in [3.63, 3.8) is 0 Å². The third kappa shape index (κ3) is 6.54. The Kier molecular flexibility index (Phi) is 8.38. The molecule has 0 aromatic heterocycles. The number of methoxy groups -OCH3 is 1. The Balaban J connectivity index is 1.07. The first kappa shape index (κ1) is 27.0. The van der Waals surface area contributed by atoms with E-state index < -0.39 is 9.84 Å². The van der Waals surface area contributed by atoms with Crippen LogP contribution in [-0.2, 0) is 9.84 Å². The maximum absolute atomic E-state index is 12.9. The first-order valence-electron chi connectivity index (χ1n) is 13.3. The van der Waals surface area contributed by atoms with Gasteiger partial charge in [-0.15, -0.1) is 0 Å². The van der Waals surface area contributed by atoms with Gasteiger partial charge in [-0.3, -0.25) is 4.90 Å². The summed E-state index contributed by atoms with van der Waals surface area (Å²) in [6.45, 7) is 3.26. The van der Waals surface area contributed by atoms with Crippen molar-refractivity contribution in [1.82, 2.24) is 9.80 Å². The lowest BCUT2D eigenvalue weighted by molar-refractivity contribution is 0.0496. The van der Waals surface area contributed by atoms with E-state index >= 15 is 0 Å². The van der Waals surface area contributed by atoms with Gasteiger partial charge in [0, 0.05) is 32.2 Å². The van der Waals surface area contributed by atoms with Gasteiger partial charge in [-0.05, 0) is 86.3 Å². The molecule has 0 radical (unpaired) electrons. The van der Waals surface area contributed by atoms with E-state index in [2.05, 4.69) is 4.90 Å². The number of carbonyl (C=O) groups excluding carboxylic acids is 1. The highest BCUT2D eigenvalue weighted by Gasteiger charge is 2.31. The molecule has 206 valence electrons. The Morgan fingerprint density at radius 1 is 0.718 bits per heavy atom. The Hall–Kier alpha value is -3.56. The number of nitrogens with zero attached hydrogens (tertiary/aromatic N) is 2.